The van der Waals surface area contributed by atoms with Gasteiger partial charge in [-0.1, -0.05) is 58.3 Å². The fourth-order valence-electron chi connectivity index (χ4n) is 3.32. The van der Waals surface area contributed by atoms with Crippen LogP contribution in [0.5, 0.6) is 0 Å². The molecule has 0 heterocycles. The van der Waals surface area contributed by atoms with Crippen LogP contribution < -0.4 is 0 Å². The number of esters is 1. The van der Waals surface area contributed by atoms with Crippen molar-refractivity contribution < 1.29 is 29.0 Å². The Morgan fingerprint density at radius 1 is 0.893 bits per heavy atom. The summed E-state index contributed by atoms with van der Waals surface area (Å²) in [5, 5.41) is 18.9. The first kappa shape index (κ1) is 26.9. The van der Waals surface area contributed by atoms with Crippen molar-refractivity contribution in [3.63, 3.8) is 0 Å². The summed E-state index contributed by atoms with van der Waals surface area (Å²) in [6.07, 6.45) is 10.9. The molecule has 0 fully saturated rings. The topological polar surface area (TPSA) is 83.8 Å². The molecule has 2 unspecified atom stereocenters. The van der Waals surface area contributed by atoms with Crippen molar-refractivity contribution in [2.45, 2.75) is 103 Å². The number of carbonyl (C=O) groups is 2. The minimum Gasteiger partial charge on any atom is -0.481 e. The largest absolute Gasteiger partial charge is 0.481 e. The van der Waals surface area contributed by atoms with Crippen LogP contribution in [0.25, 0.3) is 0 Å². The van der Waals surface area contributed by atoms with Gasteiger partial charge in [-0.3, -0.25) is 9.59 Å². The highest BCUT2D eigenvalue weighted by Gasteiger charge is 2.24. The quantitative estimate of drug-likeness (QED) is 0.204. The van der Waals surface area contributed by atoms with Crippen molar-refractivity contribution in [2.75, 3.05) is 27.7 Å². The van der Waals surface area contributed by atoms with Crippen LogP contribution in [0.2, 0.25) is 0 Å². The molecule has 2 N–H and O–H groups in total. The van der Waals surface area contributed by atoms with Crippen LogP contribution in [0.4, 0.5) is 0 Å². The Bertz CT molecular complexity index is 420. The molecule has 0 bridgehead atoms. The zero-order valence-electron chi connectivity index (χ0n) is 18.6. The molecule has 0 radical (unpaired) electrons. The number of carboxylic acid groups (broad SMARTS) is 1. The third-order valence-electron chi connectivity index (χ3n) is 4.76. The summed E-state index contributed by atoms with van der Waals surface area (Å²) in [7, 11) is 5.85. The van der Waals surface area contributed by atoms with E-state index in [0.717, 1.165) is 51.4 Å². The lowest BCUT2D eigenvalue weighted by molar-refractivity contribution is -0.873. The van der Waals surface area contributed by atoms with Crippen molar-refractivity contribution in [2.24, 2.45) is 0 Å². The highest BCUT2D eigenvalue weighted by molar-refractivity contribution is 5.71. The minimum atomic E-state index is -0.946. The minimum absolute atomic E-state index is 0.151. The number of ether oxygens (including phenoxy) is 1. The molecular weight excluding hydrogens is 358 g/mol. The Labute approximate surface area is 171 Å². The summed E-state index contributed by atoms with van der Waals surface area (Å²) < 4.78 is 5.93. The van der Waals surface area contributed by atoms with E-state index in [1.165, 1.54) is 19.3 Å². The molecule has 0 aromatic rings. The van der Waals surface area contributed by atoms with E-state index in [0.29, 0.717) is 17.4 Å². The molecule has 0 spiro atoms. The molecule has 6 nitrogen and oxygen atoms in total. The smallest absolute Gasteiger partial charge is 0.307 e. The summed E-state index contributed by atoms with van der Waals surface area (Å²) in [5.41, 5.74) is 0. The molecule has 6 heteroatoms. The number of aliphatic carboxylic acids is 1. The van der Waals surface area contributed by atoms with E-state index in [-0.39, 0.29) is 18.5 Å². The van der Waals surface area contributed by atoms with E-state index in [1.807, 2.05) is 21.1 Å². The summed E-state index contributed by atoms with van der Waals surface area (Å²) in [5.74, 6) is -1.25. The second-order valence-corrected chi connectivity index (χ2v) is 8.99. The predicted octanol–water partition coefficient (Wildman–Crippen LogP) is 4.14. The second kappa shape index (κ2) is 15.7. The number of quaternary nitrogens is 1. The molecule has 0 aliphatic rings. The number of aliphatic hydroxyl groups excluding tert-OH is 1. The summed E-state index contributed by atoms with van der Waals surface area (Å²) >= 11 is 0. The Balaban J connectivity index is 3.78. The zero-order valence-corrected chi connectivity index (χ0v) is 18.6. The molecule has 166 valence electrons. The van der Waals surface area contributed by atoms with Crippen LogP contribution in [0, 0.1) is 0 Å². The van der Waals surface area contributed by atoms with Gasteiger partial charge in [-0.05, 0) is 19.3 Å². The fourth-order valence-corrected chi connectivity index (χ4v) is 3.32. The van der Waals surface area contributed by atoms with Crippen LogP contribution in [-0.2, 0) is 14.3 Å². The van der Waals surface area contributed by atoms with E-state index >= 15 is 0 Å². The fraction of sp³-hybridized carbons (Fsp3) is 0.909. The lowest BCUT2D eigenvalue weighted by Crippen LogP contribution is -2.43. The number of nitrogens with zero attached hydrogens (tertiary/aromatic N) is 1. The first-order chi connectivity index (χ1) is 13.1. The van der Waals surface area contributed by atoms with Gasteiger partial charge in [-0.25, -0.2) is 0 Å². The second-order valence-electron chi connectivity index (χ2n) is 8.99. The van der Waals surface area contributed by atoms with Gasteiger partial charge in [-0.15, -0.1) is 0 Å². The monoisotopic (exact) mass is 402 g/mol. The maximum atomic E-state index is 12.0. The zero-order chi connectivity index (χ0) is 21.4. The van der Waals surface area contributed by atoms with E-state index in [2.05, 4.69) is 6.92 Å². The van der Waals surface area contributed by atoms with Gasteiger partial charge in [0.15, 0.2) is 6.10 Å². The SMILES string of the molecule is CCCCCCC(O)CCCCCCCC(=O)OC(CC(=O)O)C[N+](C)(C)C. The molecule has 0 aliphatic heterocycles. The lowest BCUT2D eigenvalue weighted by atomic mass is 10.0. The van der Waals surface area contributed by atoms with Crippen molar-refractivity contribution in [1.82, 2.24) is 0 Å². The van der Waals surface area contributed by atoms with Crippen molar-refractivity contribution >= 4 is 11.9 Å². The number of hydrogen-bond donors (Lipinski definition) is 2. The van der Waals surface area contributed by atoms with Crippen molar-refractivity contribution in [3.05, 3.63) is 0 Å². The van der Waals surface area contributed by atoms with Crippen LogP contribution >= 0.6 is 0 Å². The number of carboxylic acids is 1. The Kier molecular flexibility index (Phi) is 15.1. The van der Waals surface area contributed by atoms with Gasteiger partial charge in [0.2, 0.25) is 0 Å². The Hall–Kier alpha value is -1.14. The molecule has 0 rings (SSSR count). The van der Waals surface area contributed by atoms with Gasteiger partial charge in [0.25, 0.3) is 0 Å². The molecule has 0 amide bonds. The maximum Gasteiger partial charge on any atom is 0.307 e. The Morgan fingerprint density at radius 3 is 1.96 bits per heavy atom. The van der Waals surface area contributed by atoms with Gasteiger partial charge >= 0.3 is 11.9 Å². The third kappa shape index (κ3) is 18.2. The van der Waals surface area contributed by atoms with Gasteiger partial charge in [0, 0.05) is 6.42 Å². The number of likely N-dealkylation sites (N-methyl/N-ethyl adjacent to an activating group) is 1. The molecule has 2 atom stereocenters. The number of hydrogen-bond acceptors (Lipinski definition) is 4. The van der Waals surface area contributed by atoms with Gasteiger partial charge in [0.05, 0.1) is 33.7 Å². The molecule has 0 aliphatic carbocycles. The van der Waals surface area contributed by atoms with Crippen molar-refractivity contribution in [1.29, 1.82) is 0 Å². The van der Waals surface area contributed by atoms with E-state index < -0.39 is 12.1 Å². The van der Waals surface area contributed by atoms with Crippen LogP contribution in [-0.4, -0.2) is 66.5 Å². The average Bonchev–Trinajstić information content (AvgIpc) is 2.55. The van der Waals surface area contributed by atoms with E-state index in [9.17, 15) is 14.7 Å². The van der Waals surface area contributed by atoms with Gasteiger partial charge < -0.3 is 19.4 Å². The predicted molar refractivity (Wildman–Crippen MR) is 112 cm³/mol. The molecular formula is C22H44NO5+. The third-order valence-corrected chi connectivity index (χ3v) is 4.76. The normalized spacial score (nSPS) is 13.9. The average molecular weight is 403 g/mol. The van der Waals surface area contributed by atoms with Crippen LogP contribution in [0.3, 0.4) is 0 Å². The van der Waals surface area contributed by atoms with E-state index in [1.54, 1.807) is 0 Å². The molecule has 0 aromatic carbocycles. The molecule has 0 aromatic heterocycles. The summed E-state index contributed by atoms with van der Waals surface area (Å²) in [6.45, 7) is 2.68. The van der Waals surface area contributed by atoms with Crippen molar-refractivity contribution in [3.8, 4) is 0 Å². The highest BCUT2D eigenvalue weighted by atomic mass is 16.5. The standard InChI is InChI=1S/C22H43NO5/c1-5-6-7-11-14-19(24)15-12-9-8-10-13-16-22(27)28-20(17-21(25)26)18-23(2,3)4/h19-20,24H,5-18H2,1-4H3/p+1. The van der Waals surface area contributed by atoms with Crippen LogP contribution in [0.15, 0.2) is 0 Å². The molecule has 0 saturated heterocycles. The Morgan fingerprint density at radius 2 is 1.43 bits per heavy atom. The lowest BCUT2D eigenvalue weighted by Gasteiger charge is -2.28. The maximum absolute atomic E-state index is 12.0. The summed E-state index contributed by atoms with van der Waals surface area (Å²) in [6, 6.07) is 0. The number of unbranched alkanes of at least 4 members (excludes halogenated alkanes) is 7. The molecule has 28 heavy (non-hydrogen) atoms. The van der Waals surface area contributed by atoms with Gasteiger partial charge in [-0.2, -0.15) is 0 Å². The first-order valence-electron chi connectivity index (χ1n) is 11.0. The first-order valence-corrected chi connectivity index (χ1v) is 11.0. The number of rotatable bonds is 18. The number of carbonyl (C=O) groups excluding carboxylic acids is 1. The highest BCUT2D eigenvalue weighted by Crippen LogP contribution is 2.14. The van der Waals surface area contributed by atoms with Crippen LogP contribution in [0.1, 0.15) is 90.4 Å². The van der Waals surface area contributed by atoms with E-state index in [4.69, 9.17) is 9.84 Å². The number of aliphatic hydroxyl groups is 1. The molecule has 0 saturated carbocycles. The summed E-state index contributed by atoms with van der Waals surface area (Å²) in [4.78, 5) is 22.9. The van der Waals surface area contributed by atoms with Gasteiger partial charge in [0.1, 0.15) is 6.54 Å².